The Kier molecular flexibility index (Phi) is 3.38. The fourth-order valence-corrected chi connectivity index (χ4v) is 2.41. The zero-order chi connectivity index (χ0) is 13.9. The molecule has 0 atom stereocenters. The standard InChI is InChI=1S/C18H18N2/c1-13-6-5-7-15(10-13)12-19-18-14(2)11-16-8-3-4-9-17(16)20-18/h3-11H,12H2,1-2H3,(H,19,20). The van der Waals surface area contributed by atoms with Gasteiger partial charge in [-0.25, -0.2) is 4.98 Å². The van der Waals surface area contributed by atoms with Crippen LogP contribution in [0, 0.1) is 13.8 Å². The van der Waals surface area contributed by atoms with Gasteiger partial charge in [-0.05, 0) is 37.1 Å². The maximum absolute atomic E-state index is 4.70. The first-order valence-corrected chi connectivity index (χ1v) is 6.88. The van der Waals surface area contributed by atoms with Crippen molar-refractivity contribution < 1.29 is 0 Å². The molecule has 2 aromatic carbocycles. The molecule has 0 fully saturated rings. The predicted octanol–water partition coefficient (Wildman–Crippen LogP) is 4.46. The molecule has 0 radical (unpaired) electrons. The van der Waals surface area contributed by atoms with Crippen molar-refractivity contribution in [1.29, 1.82) is 0 Å². The lowest BCUT2D eigenvalue weighted by molar-refractivity contribution is 1.10. The van der Waals surface area contributed by atoms with Crippen molar-refractivity contribution in [3.8, 4) is 0 Å². The lowest BCUT2D eigenvalue weighted by atomic mass is 10.1. The number of rotatable bonds is 3. The second kappa shape index (κ2) is 5.33. The molecule has 0 bridgehead atoms. The van der Waals surface area contributed by atoms with E-state index in [-0.39, 0.29) is 0 Å². The number of nitrogens with zero attached hydrogens (tertiary/aromatic N) is 1. The predicted molar refractivity (Wildman–Crippen MR) is 85.0 cm³/mol. The first-order chi connectivity index (χ1) is 9.72. The molecule has 0 saturated carbocycles. The van der Waals surface area contributed by atoms with E-state index < -0.39 is 0 Å². The molecule has 3 aromatic rings. The van der Waals surface area contributed by atoms with Crippen molar-refractivity contribution in [2.45, 2.75) is 20.4 Å². The van der Waals surface area contributed by atoms with Gasteiger partial charge in [-0.3, -0.25) is 0 Å². The lowest BCUT2D eigenvalue weighted by Gasteiger charge is -2.10. The molecular formula is C18H18N2. The molecule has 0 aliphatic carbocycles. The molecule has 0 amide bonds. The number of fused-ring (bicyclic) bond motifs is 1. The van der Waals surface area contributed by atoms with Crippen LogP contribution in [0.3, 0.4) is 0 Å². The van der Waals surface area contributed by atoms with E-state index in [1.54, 1.807) is 0 Å². The van der Waals surface area contributed by atoms with E-state index >= 15 is 0 Å². The van der Waals surface area contributed by atoms with Crippen LogP contribution in [0.4, 0.5) is 5.82 Å². The third-order valence-corrected chi connectivity index (χ3v) is 3.46. The molecule has 0 spiro atoms. The Bertz CT molecular complexity index is 747. The average molecular weight is 262 g/mol. The summed E-state index contributed by atoms with van der Waals surface area (Å²) in [5.74, 6) is 0.963. The molecule has 1 heterocycles. The molecule has 1 aromatic heterocycles. The van der Waals surface area contributed by atoms with Crippen molar-refractivity contribution in [3.63, 3.8) is 0 Å². The largest absolute Gasteiger partial charge is 0.366 e. The molecule has 20 heavy (non-hydrogen) atoms. The molecular weight excluding hydrogens is 244 g/mol. The van der Waals surface area contributed by atoms with Gasteiger partial charge in [0, 0.05) is 11.9 Å². The van der Waals surface area contributed by atoms with Gasteiger partial charge >= 0.3 is 0 Å². The molecule has 0 aliphatic rings. The van der Waals surface area contributed by atoms with Crippen LogP contribution in [-0.4, -0.2) is 4.98 Å². The fraction of sp³-hybridized carbons (Fsp3) is 0.167. The van der Waals surface area contributed by atoms with Gasteiger partial charge in [0.2, 0.25) is 0 Å². The summed E-state index contributed by atoms with van der Waals surface area (Å²) in [6.45, 7) is 5.01. The second-order valence-electron chi connectivity index (χ2n) is 5.19. The van der Waals surface area contributed by atoms with Crippen LogP contribution in [0.15, 0.2) is 54.6 Å². The van der Waals surface area contributed by atoms with Crippen LogP contribution in [0.2, 0.25) is 0 Å². The molecule has 2 nitrogen and oxygen atoms in total. The normalized spacial score (nSPS) is 10.7. The van der Waals surface area contributed by atoms with E-state index in [4.69, 9.17) is 4.98 Å². The van der Waals surface area contributed by atoms with Gasteiger partial charge in [0.1, 0.15) is 5.82 Å². The average Bonchev–Trinajstić information content (AvgIpc) is 2.45. The zero-order valence-electron chi connectivity index (χ0n) is 11.9. The van der Waals surface area contributed by atoms with Crippen LogP contribution < -0.4 is 5.32 Å². The summed E-state index contributed by atoms with van der Waals surface area (Å²) in [6.07, 6.45) is 0. The number of hydrogen-bond acceptors (Lipinski definition) is 2. The minimum absolute atomic E-state index is 0.799. The highest BCUT2D eigenvalue weighted by molar-refractivity contribution is 5.81. The monoisotopic (exact) mass is 262 g/mol. The molecule has 1 N–H and O–H groups in total. The van der Waals surface area contributed by atoms with Crippen LogP contribution in [0.25, 0.3) is 10.9 Å². The molecule has 0 unspecified atom stereocenters. The summed E-state index contributed by atoms with van der Waals surface area (Å²) < 4.78 is 0. The topological polar surface area (TPSA) is 24.9 Å². The number of benzene rings is 2. The van der Waals surface area contributed by atoms with Crippen molar-refractivity contribution in [2.24, 2.45) is 0 Å². The summed E-state index contributed by atoms with van der Waals surface area (Å²) in [5, 5.41) is 4.62. The number of nitrogens with one attached hydrogen (secondary N) is 1. The number of anilines is 1. The highest BCUT2D eigenvalue weighted by Gasteiger charge is 2.03. The zero-order valence-corrected chi connectivity index (χ0v) is 11.9. The van der Waals surface area contributed by atoms with Gasteiger partial charge in [0.15, 0.2) is 0 Å². The maximum Gasteiger partial charge on any atom is 0.129 e. The number of para-hydroxylation sites is 1. The van der Waals surface area contributed by atoms with Gasteiger partial charge in [0.05, 0.1) is 5.52 Å². The van der Waals surface area contributed by atoms with Crippen molar-refractivity contribution >= 4 is 16.7 Å². The smallest absolute Gasteiger partial charge is 0.129 e. The summed E-state index contributed by atoms with van der Waals surface area (Å²) in [5.41, 5.74) is 4.77. The summed E-state index contributed by atoms with van der Waals surface area (Å²) in [4.78, 5) is 4.70. The molecule has 100 valence electrons. The van der Waals surface area contributed by atoms with Crippen LogP contribution >= 0.6 is 0 Å². The minimum atomic E-state index is 0.799. The van der Waals surface area contributed by atoms with Gasteiger partial charge in [-0.2, -0.15) is 0 Å². The van der Waals surface area contributed by atoms with E-state index in [0.717, 1.165) is 17.9 Å². The number of pyridine rings is 1. The van der Waals surface area contributed by atoms with Crippen molar-refractivity contribution in [3.05, 3.63) is 71.3 Å². The number of hydrogen-bond donors (Lipinski definition) is 1. The van der Waals surface area contributed by atoms with Crippen LogP contribution in [0.5, 0.6) is 0 Å². The second-order valence-corrected chi connectivity index (χ2v) is 5.19. The Labute approximate surface area is 119 Å². The van der Waals surface area contributed by atoms with E-state index in [1.807, 2.05) is 18.2 Å². The first-order valence-electron chi connectivity index (χ1n) is 6.88. The third kappa shape index (κ3) is 2.64. The molecule has 3 rings (SSSR count). The molecule has 0 saturated heterocycles. The lowest BCUT2D eigenvalue weighted by Crippen LogP contribution is -2.03. The van der Waals surface area contributed by atoms with Crippen molar-refractivity contribution in [2.75, 3.05) is 5.32 Å². The molecule has 0 aliphatic heterocycles. The third-order valence-electron chi connectivity index (χ3n) is 3.46. The van der Waals surface area contributed by atoms with Gasteiger partial charge < -0.3 is 5.32 Å². The fourth-order valence-electron chi connectivity index (χ4n) is 2.41. The number of aromatic nitrogens is 1. The van der Waals surface area contributed by atoms with E-state index in [0.29, 0.717) is 0 Å². The Hall–Kier alpha value is -2.35. The maximum atomic E-state index is 4.70. The van der Waals surface area contributed by atoms with Gasteiger partial charge in [-0.15, -0.1) is 0 Å². The Morgan fingerprint density at radius 2 is 1.80 bits per heavy atom. The Balaban J connectivity index is 1.85. The van der Waals surface area contributed by atoms with E-state index in [2.05, 4.69) is 55.6 Å². The van der Waals surface area contributed by atoms with Gasteiger partial charge in [0.25, 0.3) is 0 Å². The Morgan fingerprint density at radius 3 is 2.65 bits per heavy atom. The number of aryl methyl sites for hydroxylation is 2. The van der Waals surface area contributed by atoms with E-state index in [9.17, 15) is 0 Å². The van der Waals surface area contributed by atoms with Crippen LogP contribution in [-0.2, 0) is 6.54 Å². The van der Waals surface area contributed by atoms with E-state index in [1.165, 1.54) is 22.1 Å². The summed E-state index contributed by atoms with van der Waals surface area (Å²) in [6, 6.07) is 18.9. The van der Waals surface area contributed by atoms with Crippen LogP contribution in [0.1, 0.15) is 16.7 Å². The van der Waals surface area contributed by atoms with Gasteiger partial charge in [-0.1, -0.05) is 48.0 Å². The Morgan fingerprint density at radius 1 is 0.950 bits per heavy atom. The summed E-state index contributed by atoms with van der Waals surface area (Å²) in [7, 11) is 0. The highest BCUT2D eigenvalue weighted by atomic mass is 15.0. The minimum Gasteiger partial charge on any atom is -0.366 e. The quantitative estimate of drug-likeness (QED) is 0.753. The van der Waals surface area contributed by atoms with Crippen molar-refractivity contribution in [1.82, 2.24) is 4.98 Å². The SMILES string of the molecule is Cc1cccc(CNc2nc3ccccc3cc2C)c1. The first kappa shape index (κ1) is 12.7. The highest BCUT2D eigenvalue weighted by Crippen LogP contribution is 2.20. The summed E-state index contributed by atoms with van der Waals surface area (Å²) >= 11 is 0. The molecule has 2 heteroatoms.